The van der Waals surface area contributed by atoms with Crippen LogP contribution in [0.1, 0.15) is 24.1 Å². The Balaban J connectivity index is 2.21. The largest absolute Gasteiger partial charge is 0.310 e. The zero-order valence-electron chi connectivity index (χ0n) is 10.9. The molecule has 0 fully saturated rings. The predicted molar refractivity (Wildman–Crippen MR) is 85.7 cm³/mol. The second-order valence-electron chi connectivity index (χ2n) is 4.46. The van der Waals surface area contributed by atoms with Crippen LogP contribution in [0.3, 0.4) is 0 Å². The zero-order chi connectivity index (χ0) is 13.7. The molecule has 0 saturated heterocycles. The van der Waals surface area contributed by atoms with Crippen LogP contribution in [0.5, 0.6) is 0 Å². The van der Waals surface area contributed by atoms with E-state index in [1.165, 1.54) is 11.1 Å². The van der Waals surface area contributed by atoms with Gasteiger partial charge in [-0.15, -0.1) is 0 Å². The number of hydrogen-bond acceptors (Lipinski definition) is 1. The van der Waals surface area contributed by atoms with Crippen LogP contribution in [-0.4, -0.2) is 6.54 Å². The summed E-state index contributed by atoms with van der Waals surface area (Å²) in [5.41, 5.74) is 2.57. The number of nitrogens with one attached hydrogen (secondary N) is 1. The quantitative estimate of drug-likeness (QED) is 0.809. The van der Waals surface area contributed by atoms with Crippen molar-refractivity contribution >= 4 is 27.5 Å². The molecular weight excluding hydrogens is 322 g/mol. The number of rotatable bonds is 5. The normalized spacial score (nSPS) is 12.4. The first kappa shape index (κ1) is 14.6. The molecule has 0 aromatic heterocycles. The Morgan fingerprint density at radius 3 is 2.42 bits per heavy atom. The van der Waals surface area contributed by atoms with E-state index in [0.717, 1.165) is 22.5 Å². The summed E-state index contributed by atoms with van der Waals surface area (Å²) < 4.78 is 1.16. The van der Waals surface area contributed by atoms with Gasteiger partial charge in [0.05, 0.1) is 0 Å². The van der Waals surface area contributed by atoms with Gasteiger partial charge >= 0.3 is 0 Å². The Morgan fingerprint density at radius 1 is 1.11 bits per heavy atom. The van der Waals surface area contributed by atoms with Crippen molar-refractivity contribution in [2.24, 2.45) is 0 Å². The molecular formula is C16H17BrClN. The molecule has 1 unspecified atom stereocenters. The van der Waals surface area contributed by atoms with Crippen LogP contribution in [0.2, 0.25) is 5.02 Å². The van der Waals surface area contributed by atoms with Crippen LogP contribution in [0.4, 0.5) is 0 Å². The van der Waals surface area contributed by atoms with E-state index < -0.39 is 0 Å². The van der Waals surface area contributed by atoms with Gasteiger partial charge in [-0.1, -0.05) is 64.8 Å². The standard InChI is InChI=1S/C16H17BrClN/c1-2-19-16(12-7-9-14(18)10-8-12)11-13-5-3-4-6-15(13)17/h3-10,16,19H,2,11H2,1H3. The highest BCUT2D eigenvalue weighted by atomic mass is 79.9. The SMILES string of the molecule is CCNC(Cc1ccccc1Br)c1ccc(Cl)cc1. The molecule has 2 aromatic rings. The Bertz CT molecular complexity index is 525. The van der Waals surface area contributed by atoms with Crippen molar-refractivity contribution in [3.8, 4) is 0 Å². The fourth-order valence-corrected chi connectivity index (χ4v) is 2.71. The van der Waals surface area contributed by atoms with Gasteiger partial charge in [0.15, 0.2) is 0 Å². The lowest BCUT2D eigenvalue weighted by Crippen LogP contribution is -2.23. The average Bonchev–Trinajstić information content (AvgIpc) is 2.42. The molecule has 0 bridgehead atoms. The van der Waals surface area contributed by atoms with E-state index in [9.17, 15) is 0 Å². The number of halogens is 2. The summed E-state index contributed by atoms with van der Waals surface area (Å²) in [5, 5.41) is 4.31. The molecule has 1 nitrogen and oxygen atoms in total. The van der Waals surface area contributed by atoms with Crippen LogP contribution in [0, 0.1) is 0 Å². The summed E-state index contributed by atoms with van der Waals surface area (Å²) in [6.45, 7) is 3.07. The molecule has 3 heteroatoms. The zero-order valence-corrected chi connectivity index (χ0v) is 13.2. The second kappa shape index (κ2) is 7.09. The van der Waals surface area contributed by atoms with E-state index in [0.29, 0.717) is 6.04 Å². The molecule has 19 heavy (non-hydrogen) atoms. The van der Waals surface area contributed by atoms with Crippen LogP contribution in [0.25, 0.3) is 0 Å². The van der Waals surface area contributed by atoms with Gasteiger partial charge in [0.1, 0.15) is 0 Å². The van der Waals surface area contributed by atoms with Gasteiger partial charge in [0.2, 0.25) is 0 Å². The number of benzene rings is 2. The molecule has 1 N–H and O–H groups in total. The van der Waals surface area contributed by atoms with Crippen molar-refractivity contribution < 1.29 is 0 Å². The second-order valence-corrected chi connectivity index (χ2v) is 5.75. The molecule has 1 atom stereocenters. The van der Waals surface area contributed by atoms with Gasteiger partial charge < -0.3 is 5.32 Å². The lowest BCUT2D eigenvalue weighted by Gasteiger charge is -2.19. The predicted octanol–water partition coefficient (Wildman–Crippen LogP) is 5.00. The Morgan fingerprint density at radius 2 is 1.79 bits per heavy atom. The third-order valence-electron chi connectivity index (χ3n) is 3.10. The molecule has 0 amide bonds. The maximum atomic E-state index is 5.95. The fourth-order valence-electron chi connectivity index (χ4n) is 2.13. The molecule has 2 aromatic carbocycles. The maximum Gasteiger partial charge on any atom is 0.0406 e. The third kappa shape index (κ3) is 4.07. The summed E-state index contributed by atoms with van der Waals surface area (Å²) in [5.74, 6) is 0. The van der Waals surface area contributed by atoms with Gasteiger partial charge in [-0.2, -0.15) is 0 Å². The first-order valence-electron chi connectivity index (χ1n) is 6.43. The monoisotopic (exact) mass is 337 g/mol. The Labute approximate surface area is 128 Å². The molecule has 0 saturated carbocycles. The van der Waals surface area contributed by atoms with Crippen molar-refractivity contribution in [2.45, 2.75) is 19.4 Å². The molecule has 0 aliphatic rings. The van der Waals surface area contributed by atoms with E-state index in [4.69, 9.17) is 11.6 Å². The number of likely N-dealkylation sites (N-methyl/N-ethyl adjacent to an activating group) is 1. The summed E-state index contributed by atoms with van der Waals surface area (Å²) in [6.07, 6.45) is 0.955. The average molecular weight is 339 g/mol. The van der Waals surface area contributed by atoms with Gasteiger partial charge in [0, 0.05) is 15.5 Å². The van der Waals surface area contributed by atoms with E-state index in [-0.39, 0.29) is 0 Å². The van der Waals surface area contributed by atoms with Crippen molar-refractivity contribution in [1.82, 2.24) is 5.32 Å². The lowest BCUT2D eigenvalue weighted by atomic mass is 9.99. The highest BCUT2D eigenvalue weighted by Gasteiger charge is 2.12. The molecule has 2 rings (SSSR count). The van der Waals surface area contributed by atoms with Crippen LogP contribution >= 0.6 is 27.5 Å². The maximum absolute atomic E-state index is 5.95. The van der Waals surface area contributed by atoms with Crippen LogP contribution < -0.4 is 5.32 Å². The van der Waals surface area contributed by atoms with Crippen LogP contribution in [0.15, 0.2) is 53.0 Å². The third-order valence-corrected chi connectivity index (χ3v) is 4.13. The van der Waals surface area contributed by atoms with Gasteiger partial charge in [-0.05, 0) is 42.3 Å². The lowest BCUT2D eigenvalue weighted by molar-refractivity contribution is 0.549. The van der Waals surface area contributed by atoms with Crippen molar-refractivity contribution in [3.63, 3.8) is 0 Å². The van der Waals surface area contributed by atoms with E-state index in [2.05, 4.69) is 58.5 Å². The minimum absolute atomic E-state index is 0.306. The smallest absolute Gasteiger partial charge is 0.0406 e. The fraction of sp³-hybridized carbons (Fsp3) is 0.250. The minimum atomic E-state index is 0.306. The summed E-state index contributed by atoms with van der Waals surface area (Å²) in [7, 11) is 0. The highest BCUT2D eigenvalue weighted by molar-refractivity contribution is 9.10. The first-order chi connectivity index (χ1) is 9.20. The van der Waals surface area contributed by atoms with E-state index in [1.807, 2.05) is 18.2 Å². The van der Waals surface area contributed by atoms with Gasteiger partial charge in [0.25, 0.3) is 0 Å². The highest BCUT2D eigenvalue weighted by Crippen LogP contribution is 2.24. The molecule has 0 radical (unpaired) electrons. The number of hydrogen-bond donors (Lipinski definition) is 1. The van der Waals surface area contributed by atoms with Crippen molar-refractivity contribution in [2.75, 3.05) is 6.54 Å². The Kier molecular flexibility index (Phi) is 5.44. The molecule has 0 aliphatic heterocycles. The van der Waals surface area contributed by atoms with Crippen LogP contribution in [-0.2, 0) is 6.42 Å². The van der Waals surface area contributed by atoms with Crippen molar-refractivity contribution in [1.29, 1.82) is 0 Å². The van der Waals surface area contributed by atoms with Crippen molar-refractivity contribution in [3.05, 3.63) is 69.2 Å². The molecule has 0 heterocycles. The summed E-state index contributed by atoms with van der Waals surface area (Å²) in [6, 6.07) is 16.7. The molecule has 0 aliphatic carbocycles. The summed E-state index contributed by atoms with van der Waals surface area (Å²) >= 11 is 9.56. The van der Waals surface area contributed by atoms with E-state index >= 15 is 0 Å². The van der Waals surface area contributed by atoms with Gasteiger partial charge in [-0.3, -0.25) is 0 Å². The first-order valence-corrected chi connectivity index (χ1v) is 7.60. The van der Waals surface area contributed by atoms with Gasteiger partial charge in [-0.25, -0.2) is 0 Å². The summed E-state index contributed by atoms with van der Waals surface area (Å²) in [4.78, 5) is 0. The molecule has 0 spiro atoms. The minimum Gasteiger partial charge on any atom is -0.310 e. The molecule has 100 valence electrons. The Hall–Kier alpha value is -0.830. The topological polar surface area (TPSA) is 12.0 Å². The van der Waals surface area contributed by atoms with E-state index in [1.54, 1.807) is 0 Å².